The van der Waals surface area contributed by atoms with E-state index in [0.29, 0.717) is 24.1 Å². The molecule has 8 heteroatoms. The van der Waals surface area contributed by atoms with Crippen molar-refractivity contribution in [3.8, 4) is 0 Å². The van der Waals surface area contributed by atoms with Gasteiger partial charge in [0.1, 0.15) is 0 Å². The average Bonchev–Trinajstić information content (AvgIpc) is 3.13. The minimum Gasteiger partial charge on any atom is -0.396 e. The van der Waals surface area contributed by atoms with Crippen molar-refractivity contribution in [3.63, 3.8) is 0 Å². The monoisotopic (exact) mass is 768 g/mol. The maximum atomic E-state index is 12.1. The van der Waals surface area contributed by atoms with Crippen molar-refractivity contribution >= 4 is 33.4 Å². The van der Waals surface area contributed by atoms with E-state index in [1.807, 2.05) is 28.5 Å². The van der Waals surface area contributed by atoms with Crippen LogP contribution in [-0.4, -0.2) is 60.7 Å². The molecule has 1 unspecified atom stereocenters. The fourth-order valence-electron chi connectivity index (χ4n) is 4.68. The first-order chi connectivity index (χ1) is 25.7. The third-order valence-corrected chi connectivity index (χ3v) is 10.5. The summed E-state index contributed by atoms with van der Waals surface area (Å²) in [5.74, 6) is 1.68. The lowest BCUT2D eigenvalue weighted by molar-refractivity contribution is -0.122. The van der Waals surface area contributed by atoms with Crippen molar-refractivity contribution in [1.29, 1.82) is 0 Å². The minimum absolute atomic E-state index is 0.0561. The van der Waals surface area contributed by atoms with E-state index >= 15 is 0 Å². The number of aliphatic hydroxyl groups excluding tert-OH is 1. The van der Waals surface area contributed by atoms with Crippen LogP contribution in [0, 0.1) is 5.92 Å². The summed E-state index contributed by atoms with van der Waals surface area (Å²) in [7, 11) is 3.68. The molecule has 6 nitrogen and oxygen atoms in total. The van der Waals surface area contributed by atoms with Gasteiger partial charge in [0.2, 0.25) is 11.8 Å². The molecule has 0 aliphatic carbocycles. The molecule has 0 saturated heterocycles. The van der Waals surface area contributed by atoms with Crippen LogP contribution in [-0.2, 0) is 16.0 Å². The lowest BCUT2D eigenvalue weighted by Gasteiger charge is -2.14. The lowest BCUT2D eigenvalue weighted by Crippen LogP contribution is -2.34. The van der Waals surface area contributed by atoms with Crippen molar-refractivity contribution in [3.05, 3.63) is 108 Å². The van der Waals surface area contributed by atoms with Crippen LogP contribution in [0.15, 0.2) is 97.2 Å². The van der Waals surface area contributed by atoms with E-state index in [0.717, 1.165) is 88.7 Å². The Morgan fingerprint density at radius 3 is 1.75 bits per heavy atom. The summed E-state index contributed by atoms with van der Waals surface area (Å²) < 4.78 is 0. The molecule has 53 heavy (non-hydrogen) atoms. The van der Waals surface area contributed by atoms with Gasteiger partial charge in [-0.1, -0.05) is 153 Å². The Kier molecular flexibility index (Phi) is 35.6. The Morgan fingerprint density at radius 2 is 1.25 bits per heavy atom. The van der Waals surface area contributed by atoms with Gasteiger partial charge in [0.05, 0.1) is 5.92 Å². The van der Waals surface area contributed by atoms with E-state index in [1.54, 1.807) is 0 Å². The zero-order valence-electron chi connectivity index (χ0n) is 33.9. The van der Waals surface area contributed by atoms with E-state index in [4.69, 9.17) is 5.11 Å². The number of aliphatic hydroxyl groups is 1. The second kappa shape index (κ2) is 37.5. The van der Waals surface area contributed by atoms with Gasteiger partial charge in [0.25, 0.3) is 0 Å². The zero-order valence-corrected chi connectivity index (χ0v) is 35.5. The fourth-order valence-corrected chi connectivity index (χ4v) is 6.59. The van der Waals surface area contributed by atoms with Gasteiger partial charge >= 0.3 is 0 Å². The highest BCUT2D eigenvalue weighted by Gasteiger charge is 2.14. The van der Waals surface area contributed by atoms with Crippen LogP contribution in [0.5, 0.6) is 0 Å². The van der Waals surface area contributed by atoms with Gasteiger partial charge in [0, 0.05) is 43.7 Å². The number of carbonyl (C=O) groups is 2. The van der Waals surface area contributed by atoms with Crippen LogP contribution in [0.1, 0.15) is 116 Å². The van der Waals surface area contributed by atoms with Crippen molar-refractivity contribution in [1.82, 2.24) is 16.0 Å². The van der Waals surface area contributed by atoms with Gasteiger partial charge in [-0.25, -0.2) is 0 Å². The maximum Gasteiger partial charge on any atom is 0.227 e. The Hall–Kier alpha value is -2.78. The molecule has 0 saturated carbocycles. The summed E-state index contributed by atoms with van der Waals surface area (Å²) in [5.41, 5.74) is 2.37. The van der Waals surface area contributed by atoms with Gasteiger partial charge in [-0.2, -0.15) is 0 Å². The van der Waals surface area contributed by atoms with Crippen molar-refractivity contribution in [2.75, 3.05) is 38.5 Å². The summed E-state index contributed by atoms with van der Waals surface area (Å²) in [4.78, 5) is 23.8. The molecule has 1 rings (SSSR count). The molecule has 0 bridgehead atoms. The molecular weight excluding hydrogens is 695 g/mol. The summed E-state index contributed by atoms with van der Waals surface area (Å²) >= 11 is 0. The Bertz CT molecular complexity index is 1200. The maximum absolute atomic E-state index is 12.1. The summed E-state index contributed by atoms with van der Waals surface area (Å²) in [6.07, 6.45) is 35.6. The van der Waals surface area contributed by atoms with Crippen LogP contribution < -0.4 is 16.0 Å². The first-order valence-electron chi connectivity index (χ1n) is 19.8. The molecule has 0 aliphatic rings. The van der Waals surface area contributed by atoms with Crippen molar-refractivity contribution in [2.45, 2.75) is 117 Å². The lowest BCUT2D eigenvalue weighted by atomic mass is 9.96. The molecule has 0 aliphatic heterocycles. The third-order valence-electron chi connectivity index (χ3n) is 7.53. The molecule has 1 atom stereocenters. The van der Waals surface area contributed by atoms with Gasteiger partial charge < -0.3 is 21.1 Å². The first-order valence-corrected chi connectivity index (χ1v) is 22.2. The van der Waals surface area contributed by atoms with E-state index in [9.17, 15) is 9.59 Å². The van der Waals surface area contributed by atoms with Crippen LogP contribution >= 0.6 is 21.6 Å². The number of hydrogen-bond donors (Lipinski definition) is 4. The normalized spacial score (nSPS) is 12.7. The number of nitrogens with one attached hydrogen (secondary N) is 3. The van der Waals surface area contributed by atoms with Crippen LogP contribution in [0.3, 0.4) is 0 Å². The Morgan fingerprint density at radius 1 is 0.698 bits per heavy atom. The number of amides is 2. The van der Waals surface area contributed by atoms with Gasteiger partial charge in [-0.3, -0.25) is 9.59 Å². The molecule has 0 heterocycles. The zero-order chi connectivity index (χ0) is 39.2. The predicted octanol–water partition coefficient (Wildman–Crippen LogP) is 10.4. The van der Waals surface area contributed by atoms with Gasteiger partial charge in [-0.15, -0.1) is 0 Å². The summed E-state index contributed by atoms with van der Waals surface area (Å²) in [5, 5.41) is 18.4. The van der Waals surface area contributed by atoms with E-state index in [1.165, 1.54) is 5.56 Å². The third kappa shape index (κ3) is 34.7. The predicted molar refractivity (Wildman–Crippen MR) is 237 cm³/mol. The van der Waals surface area contributed by atoms with Crippen LogP contribution in [0.2, 0.25) is 0 Å². The van der Waals surface area contributed by atoms with Crippen LogP contribution in [0.4, 0.5) is 0 Å². The van der Waals surface area contributed by atoms with Gasteiger partial charge in [0.15, 0.2) is 0 Å². The topological polar surface area (TPSA) is 90.5 Å². The number of benzene rings is 1. The molecule has 4 N–H and O–H groups in total. The average molecular weight is 768 g/mol. The standard InChI is InChI=1S/C27H43NOS2.C18H30N2O2/c1-4-5-6-7-8-9-10-11-12-13-14-15-16-17-18-19-20-21-22-23-27(29)28-24-25-30-31-26(2)3;1-14(2)13-16-5-7-17(8-6-16)15(3)18(22)20-11-10-19-9-4-12-21/h5-6,8-9,11-12,14-15,17-18,20-21,26H,4,7,10,13,16,19,22-25H2,1-3H3,(H,28,29);5-8,14-15,19,21H,4,9-13H2,1-3H3,(H,20,22)/b6-5-,9-8-,12-11-,15-14-,18-17-,21-20-;. The second-order valence-corrected chi connectivity index (χ2v) is 16.5. The summed E-state index contributed by atoms with van der Waals surface area (Å²) in [6, 6.07) is 8.36. The van der Waals surface area contributed by atoms with Crippen molar-refractivity contribution in [2.24, 2.45) is 5.92 Å². The van der Waals surface area contributed by atoms with Crippen LogP contribution in [0.25, 0.3) is 0 Å². The number of rotatable bonds is 29. The van der Waals surface area contributed by atoms with E-state index in [2.05, 4.69) is 148 Å². The molecule has 1 aromatic rings. The molecule has 2 amide bonds. The number of allylic oxidation sites excluding steroid dienone is 12. The van der Waals surface area contributed by atoms with Gasteiger partial charge in [-0.05, 0) is 88.3 Å². The SMILES string of the molecule is CC(C)Cc1ccc(C(C)C(=O)NCCNCCCO)cc1.CC/C=C\C/C=C\C/C=C\C/C=C\C/C=C\C/C=C\CCC(=O)NCCSSC(C)C. The second-order valence-electron chi connectivity index (χ2n) is 13.5. The molecule has 1 aromatic carbocycles. The quantitative estimate of drug-likeness (QED) is 0.0369. The Balaban J connectivity index is 0.00000108. The van der Waals surface area contributed by atoms with E-state index in [-0.39, 0.29) is 24.3 Å². The number of carbonyl (C=O) groups excluding carboxylic acids is 2. The molecule has 0 radical (unpaired) electrons. The Labute approximate surface area is 332 Å². The fraction of sp³-hybridized carbons (Fsp3) is 0.556. The molecular formula is C45H73N3O3S2. The van der Waals surface area contributed by atoms with E-state index < -0.39 is 0 Å². The molecule has 0 fully saturated rings. The highest BCUT2D eigenvalue weighted by atomic mass is 33.1. The molecule has 0 aromatic heterocycles. The molecule has 298 valence electrons. The smallest absolute Gasteiger partial charge is 0.227 e. The highest BCUT2D eigenvalue weighted by Crippen LogP contribution is 2.25. The first kappa shape index (κ1) is 50.2. The largest absolute Gasteiger partial charge is 0.396 e. The highest BCUT2D eigenvalue weighted by molar-refractivity contribution is 8.76. The summed E-state index contributed by atoms with van der Waals surface area (Å²) in [6.45, 7) is 15.9. The molecule has 0 spiro atoms. The minimum atomic E-state index is -0.134. The number of hydrogen-bond acceptors (Lipinski definition) is 6. The van der Waals surface area contributed by atoms with Crippen molar-refractivity contribution < 1.29 is 14.7 Å².